The Labute approximate surface area is 146 Å². The largest absolute Gasteiger partial charge is 0.497 e. The summed E-state index contributed by atoms with van der Waals surface area (Å²) in [6.45, 7) is -0.340. The lowest BCUT2D eigenvalue weighted by molar-refractivity contribution is -0.123. The predicted molar refractivity (Wildman–Crippen MR) is 88.2 cm³/mol. The molecule has 0 saturated carbocycles. The number of hydrogen-bond donors (Lipinski definition) is 2. The normalized spacial score (nSPS) is 9.96. The van der Waals surface area contributed by atoms with Crippen LogP contribution in [0.3, 0.4) is 0 Å². The third kappa shape index (κ3) is 4.95. The Morgan fingerprint density at radius 2 is 1.83 bits per heavy atom. The summed E-state index contributed by atoms with van der Waals surface area (Å²) in [5, 5.41) is 0. The van der Waals surface area contributed by atoms with Gasteiger partial charge in [-0.05, 0) is 58.4 Å². The Morgan fingerprint density at radius 3 is 2.46 bits per heavy atom. The summed E-state index contributed by atoms with van der Waals surface area (Å²) in [5.74, 6) is -0.533. The van der Waals surface area contributed by atoms with E-state index in [4.69, 9.17) is 9.47 Å². The first-order valence-electron chi connectivity index (χ1n) is 6.80. The summed E-state index contributed by atoms with van der Waals surface area (Å²) in [5.41, 5.74) is 4.85. The van der Waals surface area contributed by atoms with Crippen molar-refractivity contribution in [3.8, 4) is 11.5 Å². The number of hydrogen-bond acceptors (Lipinski definition) is 4. The third-order valence-corrected chi connectivity index (χ3v) is 3.54. The second-order valence-electron chi connectivity index (χ2n) is 4.59. The van der Waals surface area contributed by atoms with Gasteiger partial charge < -0.3 is 9.47 Å². The van der Waals surface area contributed by atoms with Crippen LogP contribution in [0.15, 0.2) is 46.9 Å². The van der Waals surface area contributed by atoms with E-state index in [2.05, 4.69) is 26.8 Å². The Balaban J connectivity index is 1.80. The number of rotatable bonds is 5. The van der Waals surface area contributed by atoms with E-state index in [1.54, 1.807) is 24.3 Å². The van der Waals surface area contributed by atoms with Crippen LogP contribution in [0.1, 0.15) is 10.4 Å². The molecule has 0 aliphatic rings. The Hall–Kier alpha value is -2.61. The minimum Gasteiger partial charge on any atom is -0.497 e. The molecule has 6 nitrogen and oxygen atoms in total. The van der Waals surface area contributed by atoms with E-state index in [1.165, 1.54) is 25.3 Å². The van der Waals surface area contributed by atoms with E-state index in [-0.39, 0.29) is 6.61 Å². The highest BCUT2D eigenvalue weighted by atomic mass is 79.9. The molecule has 2 rings (SSSR count). The van der Waals surface area contributed by atoms with Crippen molar-refractivity contribution in [1.29, 1.82) is 0 Å². The van der Waals surface area contributed by atoms with Gasteiger partial charge in [0.1, 0.15) is 17.3 Å². The summed E-state index contributed by atoms with van der Waals surface area (Å²) in [7, 11) is 1.52. The minimum atomic E-state index is -0.562. The zero-order chi connectivity index (χ0) is 17.5. The molecule has 126 valence electrons. The van der Waals surface area contributed by atoms with Crippen LogP contribution < -0.4 is 20.3 Å². The van der Waals surface area contributed by atoms with Crippen molar-refractivity contribution in [2.45, 2.75) is 0 Å². The molecule has 0 bridgehead atoms. The highest BCUT2D eigenvalue weighted by Crippen LogP contribution is 2.25. The molecule has 2 aromatic rings. The SMILES string of the molecule is COc1ccc(C(=O)NNC(=O)COc2ccc(F)cc2Br)cc1. The number of hydrazine groups is 1. The minimum absolute atomic E-state index is 0.313. The molecule has 2 aromatic carbocycles. The fraction of sp³-hybridized carbons (Fsp3) is 0.125. The van der Waals surface area contributed by atoms with Crippen LogP contribution in [0.4, 0.5) is 4.39 Å². The summed E-state index contributed by atoms with van der Waals surface area (Å²) >= 11 is 3.13. The molecule has 0 fully saturated rings. The van der Waals surface area contributed by atoms with E-state index >= 15 is 0 Å². The van der Waals surface area contributed by atoms with Crippen molar-refractivity contribution in [1.82, 2.24) is 10.9 Å². The van der Waals surface area contributed by atoms with Crippen LogP contribution in [-0.4, -0.2) is 25.5 Å². The molecule has 0 aliphatic heterocycles. The quantitative estimate of drug-likeness (QED) is 0.760. The maximum atomic E-state index is 12.9. The second-order valence-corrected chi connectivity index (χ2v) is 5.45. The van der Waals surface area contributed by atoms with E-state index < -0.39 is 17.6 Å². The van der Waals surface area contributed by atoms with Crippen molar-refractivity contribution in [2.24, 2.45) is 0 Å². The fourth-order valence-electron chi connectivity index (χ4n) is 1.71. The molecule has 0 radical (unpaired) electrons. The topological polar surface area (TPSA) is 76.7 Å². The van der Waals surface area contributed by atoms with Gasteiger partial charge in [0.05, 0.1) is 11.6 Å². The molecular weight excluding hydrogens is 383 g/mol. The van der Waals surface area contributed by atoms with Gasteiger partial charge in [0.2, 0.25) is 0 Å². The van der Waals surface area contributed by atoms with Crippen molar-refractivity contribution in [2.75, 3.05) is 13.7 Å². The summed E-state index contributed by atoms with van der Waals surface area (Å²) in [4.78, 5) is 23.5. The smallest absolute Gasteiger partial charge is 0.276 e. The molecule has 24 heavy (non-hydrogen) atoms. The average molecular weight is 397 g/mol. The number of halogens is 2. The maximum absolute atomic E-state index is 12.9. The molecular formula is C16H14BrFN2O4. The molecule has 0 saturated heterocycles. The molecule has 2 N–H and O–H groups in total. The van der Waals surface area contributed by atoms with Crippen LogP contribution >= 0.6 is 15.9 Å². The molecule has 2 amide bonds. The number of nitrogens with one attached hydrogen (secondary N) is 2. The van der Waals surface area contributed by atoms with Crippen molar-refractivity contribution >= 4 is 27.7 Å². The zero-order valence-electron chi connectivity index (χ0n) is 12.6. The molecule has 0 heterocycles. The molecule has 0 aromatic heterocycles. The fourth-order valence-corrected chi connectivity index (χ4v) is 2.18. The molecule has 0 aliphatic carbocycles. The lowest BCUT2D eigenvalue weighted by atomic mass is 10.2. The first kappa shape index (κ1) is 17.7. The summed E-state index contributed by atoms with van der Waals surface area (Å²) < 4.78 is 23.6. The van der Waals surface area contributed by atoms with Gasteiger partial charge in [-0.2, -0.15) is 0 Å². The van der Waals surface area contributed by atoms with Gasteiger partial charge in [-0.25, -0.2) is 4.39 Å². The standard InChI is InChI=1S/C16H14BrFN2O4/c1-23-12-5-2-10(3-6-12)16(22)20-19-15(21)9-24-14-7-4-11(18)8-13(14)17/h2-8H,9H2,1H3,(H,19,21)(H,20,22). The lowest BCUT2D eigenvalue weighted by Gasteiger charge is -2.10. The Bertz CT molecular complexity index is 737. The predicted octanol–water partition coefficient (Wildman–Crippen LogP) is 2.44. The molecule has 8 heteroatoms. The van der Waals surface area contributed by atoms with Gasteiger partial charge in [-0.15, -0.1) is 0 Å². The number of carbonyl (C=O) groups excluding carboxylic acids is 2. The molecule has 0 spiro atoms. The monoisotopic (exact) mass is 396 g/mol. The van der Waals surface area contributed by atoms with Gasteiger partial charge in [0.15, 0.2) is 6.61 Å². The average Bonchev–Trinajstić information content (AvgIpc) is 2.59. The van der Waals surface area contributed by atoms with Crippen LogP contribution in [0.25, 0.3) is 0 Å². The van der Waals surface area contributed by atoms with E-state index in [1.807, 2.05) is 0 Å². The molecule has 0 unspecified atom stereocenters. The van der Waals surface area contributed by atoms with E-state index in [0.717, 1.165) is 0 Å². The van der Waals surface area contributed by atoms with E-state index in [9.17, 15) is 14.0 Å². The first-order chi connectivity index (χ1) is 11.5. The van der Waals surface area contributed by atoms with Crippen LogP contribution in [-0.2, 0) is 4.79 Å². The lowest BCUT2D eigenvalue weighted by Crippen LogP contribution is -2.43. The van der Waals surface area contributed by atoms with Gasteiger partial charge in [0.25, 0.3) is 11.8 Å². The van der Waals surface area contributed by atoms with Crippen LogP contribution in [0.2, 0.25) is 0 Å². The van der Waals surface area contributed by atoms with Gasteiger partial charge >= 0.3 is 0 Å². The van der Waals surface area contributed by atoms with Crippen molar-refractivity contribution < 1.29 is 23.5 Å². The second kappa shape index (κ2) is 8.30. The third-order valence-electron chi connectivity index (χ3n) is 2.92. The van der Waals surface area contributed by atoms with E-state index in [0.29, 0.717) is 21.5 Å². The Kier molecular flexibility index (Phi) is 6.14. The van der Waals surface area contributed by atoms with Crippen molar-refractivity contribution in [3.05, 3.63) is 58.3 Å². The summed E-state index contributed by atoms with van der Waals surface area (Å²) in [6, 6.07) is 10.2. The maximum Gasteiger partial charge on any atom is 0.276 e. The van der Waals surface area contributed by atoms with Crippen LogP contribution in [0, 0.1) is 5.82 Å². The number of carbonyl (C=O) groups is 2. The van der Waals surface area contributed by atoms with Crippen LogP contribution in [0.5, 0.6) is 11.5 Å². The highest BCUT2D eigenvalue weighted by Gasteiger charge is 2.09. The molecule has 0 atom stereocenters. The first-order valence-corrected chi connectivity index (χ1v) is 7.60. The Morgan fingerprint density at radius 1 is 1.12 bits per heavy atom. The summed E-state index contributed by atoms with van der Waals surface area (Å²) in [6.07, 6.45) is 0. The van der Waals surface area contributed by atoms with Gasteiger partial charge in [-0.1, -0.05) is 0 Å². The van der Waals surface area contributed by atoms with Gasteiger partial charge in [0, 0.05) is 5.56 Å². The highest BCUT2D eigenvalue weighted by molar-refractivity contribution is 9.10. The number of benzene rings is 2. The number of methoxy groups -OCH3 is 1. The number of ether oxygens (including phenoxy) is 2. The number of amides is 2. The van der Waals surface area contributed by atoms with Gasteiger partial charge in [-0.3, -0.25) is 20.4 Å². The zero-order valence-corrected chi connectivity index (χ0v) is 14.2. The van der Waals surface area contributed by atoms with Crippen molar-refractivity contribution in [3.63, 3.8) is 0 Å².